The van der Waals surface area contributed by atoms with Crippen molar-refractivity contribution in [1.82, 2.24) is 20.1 Å². The Morgan fingerprint density at radius 2 is 2.00 bits per heavy atom. The molecule has 1 fully saturated rings. The number of ether oxygens (including phenoxy) is 1. The van der Waals surface area contributed by atoms with Crippen LogP contribution >= 0.6 is 11.3 Å². The van der Waals surface area contributed by atoms with Crippen LogP contribution in [0.1, 0.15) is 41.0 Å². The van der Waals surface area contributed by atoms with Gasteiger partial charge in [0.2, 0.25) is 0 Å². The Morgan fingerprint density at radius 1 is 1.17 bits per heavy atom. The fourth-order valence-corrected chi connectivity index (χ4v) is 5.15. The highest BCUT2D eigenvalue weighted by Gasteiger charge is 2.33. The quantitative estimate of drug-likeness (QED) is 0.796. The van der Waals surface area contributed by atoms with Crippen LogP contribution in [0, 0.1) is 5.41 Å². The van der Waals surface area contributed by atoms with Gasteiger partial charge in [-0.15, -0.1) is 11.3 Å². The molecule has 0 saturated carbocycles. The van der Waals surface area contributed by atoms with Crippen molar-refractivity contribution < 1.29 is 9.53 Å². The minimum atomic E-state index is 0.0263. The molecule has 0 atom stereocenters. The lowest BCUT2D eigenvalue weighted by Crippen LogP contribution is -2.41. The zero-order chi connectivity index (χ0) is 20.8. The summed E-state index contributed by atoms with van der Waals surface area (Å²) in [6.45, 7) is 6.15. The Bertz CT molecular complexity index is 820. The van der Waals surface area contributed by atoms with Crippen LogP contribution in [0.5, 0.6) is 5.75 Å². The molecule has 0 aliphatic carbocycles. The minimum absolute atomic E-state index is 0.0263. The molecule has 0 unspecified atom stereocenters. The molecular weight excluding hydrogens is 396 g/mol. The van der Waals surface area contributed by atoms with Crippen molar-refractivity contribution in [2.45, 2.75) is 32.2 Å². The first-order valence-corrected chi connectivity index (χ1v) is 11.8. The largest absolute Gasteiger partial charge is 0.492 e. The highest BCUT2D eigenvalue weighted by atomic mass is 32.1. The summed E-state index contributed by atoms with van der Waals surface area (Å²) in [6, 6.07) is 7.69. The second kappa shape index (κ2) is 9.90. The fourth-order valence-electron chi connectivity index (χ4n) is 4.49. The molecule has 7 heteroatoms. The number of thiazole rings is 1. The third kappa shape index (κ3) is 5.20. The summed E-state index contributed by atoms with van der Waals surface area (Å²) in [5.41, 5.74) is 0.837. The first kappa shape index (κ1) is 21.3. The van der Waals surface area contributed by atoms with E-state index in [1.807, 2.05) is 47.8 Å². The summed E-state index contributed by atoms with van der Waals surface area (Å²) in [5, 5.41) is 6.66. The molecule has 0 radical (unpaired) electrons. The van der Waals surface area contributed by atoms with Gasteiger partial charge in [-0.2, -0.15) is 0 Å². The first-order valence-electron chi connectivity index (χ1n) is 10.9. The fraction of sp³-hybridized carbons (Fsp3) is 0.565. The molecule has 3 heterocycles. The topological polar surface area (TPSA) is 57.7 Å². The van der Waals surface area contributed by atoms with Crippen molar-refractivity contribution >= 4 is 17.2 Å². The lowest BCUT2D eigenvalue weighted by Gasteiger charge is -2.38. The molecule has 2 aliphatic rings. The van der Waals surface area contributed by atoms with Crippen molar-refractivity contribution in [2.24, 2.45) is 5.41 Å². The number of aromatic nitrogens is 1. The van der Waals surface area contributed by atoms with Crippen LogP contribution in [0.4, 0.5) is 0 Å². The molecule has 1 spiro atoms. The van der Waals surface area contributed by atoms with E-state index >= 15 is 0 Å². The van der Waals surface area contributed by atoms with E-state index in [0.29, 0.717) is 24.5 Å². The number of nitrogens with zero attached hydrogens (tertiary/aromatic N) is 3. The number of para-hydroxylation sites is 1. The van der Waals surface area contributed by atoms with Gasteiger partial charge >= 0.3 is 0 Å². The average molecular weight is 429 g/mol. The van der Waals surface area contributed by atoms with Crippen molar-refractivity contribution in [2.75, 3.05) is 46.4 Å². The number of carbonyl (C=O) groups is 1. The van der Waals surface area contributed by atoms with Gasteiger partial charge in [-0.1, -0.05) is 12.1 Å². The first-order chi connectivity index (χ1) is 14.7. The smallest absolute Gasteiger partial charge is 0.257 e. The van der Waals surface area contributed by atoms with Gasteiger partial charge in [0.25, 0.3) is 5.91 Å². The normalized spacial score (nSPS) is 21.2. The number of amides is 1. The van der Waals surface area contributed by atoms with Crippen molar-refractivity contribution in [3.05, 3.63) is 46.4 Å². The predicted octanol–water partition coefficient (Wildman–Crippen LogP) is 3.26. The van der Waals surface area contributed by atoms with E-state index in [1.54, 1.807) is 11.3 Å². The number of fused-ring (bicyclic) bond motifs is 1. The van der Waals surface area contributed by atoms with E-state index in [0.717, 1.165) is 63.4 Å². The second-order valence-electron chi connectivity index (χ2n) is 8.57. The summed E-state index contributed by atoms with van der Waals surface area (Å²) in [5.74, 6) is 0.740. The maximum absolute atomic E-state index is 13.1. The Kier molecular flexibility index (Phi) is 7.02. The molecule has 6 nitrogen and oxygen atoms in total. The van der Waals surface area contributed by atoms with E-state index in [9.17, 15) is 4.79 Å². The van der Waals surface area contributed by atoms with Crippen LogP contribution in [0.3, 0.4) is 0 Å². The summed E-state index contributed by atoms with van der Waals surface area (Å²) >= 11 is 1.70. The lowest BCUT2D eigenvalue weighted by atomic mass is 9.76. The molecule has 2 aliphatic heterocycles. The van der Waals surface area contributed by atoms with Gasteiger partial charge < -0.3 is 15.0 Å². The number of benzene rings is 1. The van der Waals surface area contributed by atoms with Crippen LogP contribution in [-0.2, 0) is 6.54 Å². The van der Waals surface area contributed by atoms with E-state index < -0.39 is 0 Å². The predicted molar refractivity (Wildman–Crippen MR) is 120 cm³/mol. The second-order valence-corrected chi connectivity index (χ2v) is 9.55. The third-order valence-corrected chi connectivity index (χ3v) is 7.20. The number of rotatable bonds is 2. The molecule has 2 aromatic rings. The standard InChI is InChI=1S/C23H32N4O2S/c1-26-14-15-27(17-21-25-12-16-30-21)13-4-7-23(8-10-24-11-9-23)18-29-20-6-3-2-5-19(20)22(26)28/h2-3,5-6,12,16,24H,4,7-11,13-15,17-18H2,1H3. The Morgan fingerprint density at radius 3 is 2.80 bits per heavy atom. The van der Waals surface area contributed by atoms with Gasteiger partial charge in [0.15, 0.2) is 0 Å². The number of hydrogen-bond acceptors (Lipinski definition) is 6. The Balaban J connectivity index is 1.57. The summed E-state index contributed by atoms with van der Waals surface area (Å²) in [6.07, 6.45) is 6.39. The SMILES string of the molecule is CN1CCN(Cc2nccs2)CCCC2(CCNCC2)COc2ccccc2C1=O. The van der Waals surface area contributed by atoms with Crippen LogP contribution in [0.2, 0.25) is 0 Å². The molecule has 1 aromatic heterocycles. The lowest BCUT2D eigenvalue weighted by molar-refractivity contribution is 0.0768. The Labute approximate surface area is 183 Å². The van der Waals surface area contributed by atoms with Crippen LogP contribution in [-0.4, -0.2) is 67.1 Å². The zero-order valence-electron chi connectivity index (χ0n) is 17.8. The van der Waals surface area contributed by atoms with Gasteiger partial charge in [0, 0.05) is 37.1 Å². The van der Waals surface area contributed by atoms with Crippen molar-refractivity contribution in [3.8, 4) is 5.75 Å². The molecule has 1 aromatic carbocycles. The van der Waals surface area contributed by atoms with E-state index in [2.05, 4.69) is 15.2 Å². The molecule has 1 N–H and O–H groups in total. The number of carbonyl (C=O) groups excluding carboxylic acids is 1. The molecule has 0 bridgehead atoms. The van der Waals surface area contributed by atoms with Gasteiger partial charge in [0.1, 0.15) is 10.8 Å². The summed E-state index contributed by atoms with van der Waals surface area (Å²) < 4.78 is 6.33. The van der Waals surface area contributed by atoms with Crippen molar-refractivity contribution in [3.63, 3.8) is 0 Å². The maximum atomic E-state index is 13.1. The van der Waals surface area contributed by atoms with E-state index in [4.69, 9.17) is 4.74 Å². The van der Waals surface area contributed by atoms with E-state index in [1.165, 1.54) is 0 Å². The number of piperidine rings is 1. The minimum Gasteiger partial charge on any atom is -0.492 e. The Hall–Kier alpha value is -1.96. The van der Waals surface area contributed by atoms with E-state index in [-0.39, 0.29) is 11.3 Å². The maximum Gasteiger partial charge on any atom is 0.257 e. The molecule has 30 heavy (non-hydrogen) atoms. The average Bonchev–Trinajstić information content (AvgIpc) is 3.29. The molecular formula is C23H32N4O2S. The van der Waals surface area contributed by atoms with Gasteiger partial charge in [0.05, 0.1) is 18.7 Å². The summed E-state index contributed by atoms with van der Waals surface area (Å²) in [7, 11) is 1.88. The van der Waals surface area contributed by atoms with Crippen LogP contribution in [0.15, 0.2) is 35.8 Å². The molecule has 1 saturated heterocycles. The number of hydrogen-bond donors (Lipinski definition) is 1. The monoisotopic (exact) mass is 428 g/mol. The molecule has 162 valence electrons. The van der Waals surface area contributed by atoms with Gasteiger partial charge in [-0.3, -0.25) is 9.69 Å². The highest BCUT2D eigenvalue weighted by molar-refractivity contribution is 7.09. The van der Waals surface area contributed by atoms with Gasteiger partial charge in [-0.25, -0.2) is 4.98 Å². The van der Waals surface area contributed by atoms with Crippen molar-refractivity contribution in [1.29, 1.82) is 0 Å². The molecule has 4 rings (SSSR count). The van der Waals surface area contributed by atoms with Crippen LogP contribution < -0.4 is 10.1 Å². The number of nitrogens with one attached hydrogen (secondary N) is 1. The number of likely N-dealkylation sites (N-methyl/N-ethyl adjacent to an activating group) is 1. The third-order valence-electron chi connectivity index (χ3n) is 6.44. The molecule has 1 amide bonds. The highest BCUT2D eigenvalue weighted by Crippen LogP contribution is 2.36. The summed E-state index contributed by atoms with van der Waals surface area (Å²) in [4.78, 5) is 21.9. The van der Waals surface area contributed by atoms with Gasteiger partial charge in [-0.05, 0) is 57.5 Å². The van der Waals surface area contributed by atoms with Crippen LogP contribution in [0.25, 0.3) is 0 Å². The zero-order valence-corrected chi connectivity index (χ0v) is 18.6.